The number of unbranched alkanes of at least 4 members (excludes halogenated alkanes) is 1. The Balaban J connectivity index is 0.00000228. The molecule has 0 spiro atoms. The molecule has 4 rings (SSSR count). The standard InChI is InChI=1S/C29H41N5.2ClH/c1-6-7-10-27-31-28-23(4)20-24(5)30-29(28)34(27)21-26-13-11-25(12-14-26)9-8-15-32-16-18-33(19-17-32)22(2)3;;/h8-9,11-14,20,22H,6-7,10,15-19,21H2,1-5H3;2*1H. The van der Waals surface area contributed by atoms with E-state index in [1.165, 1.54) is 36.2 Å². The lowest BCUT2D eigenvalue weighted by Crippen LogP contribution is -2.48. The number of nitrogens with zero attached hydrogens (tertiary/aromatic N) is 5. The van der Waals surface area contributed by atoms with Crippen LogP contribution in [-0.4, -0.2) is 63.1 Å². The van der Waals surface area contributed by atoms with Gasteiger partial charge in [-0.15, -0.1) is 24.8 Å². The van der Waals surface area contributed by atoms with E-state index in [4.69, 9.17) is 9.97 Å². The van der Waals surface area contributed by atoms with Crippen LogP contribution in [0.5, 0.6) is 0 Å². The minimum absolute atomic E-state index is 0. The van der Waals surface area contributed by atoms with Crippen molar-refractivity contribution in [1.29, 1.82) is 0 Å². The molecular weight excluding hydrogens is 489 g/mol. The number of aryl methyl sites for hydroxylation is 3. The minimum Gasteiger partial charge on any atom is -0.308 e. The van der Waals surface area contributed by atoms with Crippen LogP contribution in [0.4, 0.5) is 0 Å². The summed E-state index contributed by atoms with van der Waals surface area (Å²) < 4.78 is 2.33. The average molecular weight is 533 g/mol. The first-order chi connectivity index (χ1) is 16.4. The van der Waals surface area contributed by atoms with Crippen molar-refractivity contribution < 1.29 is 0 Å². The number of fused-ring (bicyclic) bond motifs is 1. The number of benzene rings is 1. The predicted molar refractivity (Wildman–Crippen MR) is 158 cm³/mol. The van der Waals surface area contributed by atoms with E-state index in [1.54, 1.807) is 0 Å². The summed E-state index contributed by atoms with van der Waals surface area (Å²) in [7, 11) is 0. The summed E-state index contributed by atoms with van der Waals surface area (Å²) in [6.07, 6.45) is 7.88. The largest absolute Gasteiger partial charge is 0.308 e. The van der Waals surface area contributed by atoms with Crippen molar-refractivity contribution >= 4 is 42.1 Å². The van der Waals surface area contributed by atoms with Crippen molar-refractivity contribution in [3.8, 4) is 0 Å². The first-order valence-electron chi connectivity index (χ1n) is 13.0. The van der Waals surface area contributed by atoms with Gasteiger partial charge in [-0.05, 0) is 56.9 Å². The number of pyridine rings is 1. The van der Waals surface area contributed by atoms with Gasteiger partial charge in [0.05, 0.1) is 6.54 Å². The van der Waals surface area contributed by atoms with Crippen molar-refractivity contribution in [2.75, 3.05) is 32.7 Å². The fourth-order valence-corrected chi connectivity index (χ4v) is 4.86. The molecule has 1 aromatic carbocycles. The van der Waals surface area contributed by atoms with Crippen LogP contribution >= 0.6 is 24.8 Å². The van der Waals surface area contributed by atoms with Crippen LogP contribution in [0.3, 0.4) is 0 Å². The highest BCUT2D eigenvalue weighted by Crippen LogP contribution is 2.22. The van der Waals surface area contributed by atoms with Crippen molar-refractivity contribution in [3.05, 3.63) is 64.6 Å². The lowest BCUT2D eigenvalue weighted by Gasteiger charge is -2.36. The minimum atomic E-state index is 0. The molecule has 198 valence electrons. The van der Waals surface area contributed by atoms with E-state index in [0.29, 0.717) is 6.04 Å². The molecule has 2 aromatic heterocycles. The number of halogens is 2. The zero-order valence-electron chi connectivity index (χ0n) is 22.5. The maximum atomic E-state index is 4.99. The maximum absolute atomic E-state index is 4.99. The topological polar surface area (TPSA) is 37.2 Å². The Hall–Kier alpha value is -1.92. The Labute approximate surface area is 229 Å². The second kappa shape index (κ2) is 14.1. The van der Waals surface area contributed by atoms with Crippen LogP contribution in [-0.2, 0) is 13.0 Å². The molecule has 0 amide bonds. The van der Waals surface area contributed by atoms with Crippen LogP contribution in [0.1, 0.15) is 61.8 Å². The third kappa shape index (κ3) is 7.55. The summed E-state index contributed by atoms with van der Waals surface area (Å²) in [6, 6.07) is 11.8. The van der Waals surface area contributed by atoms with E-state index in [0.717, 1.165) is 61.7 Å². The average Bonchev–Trinajstić information content (AvgIpc) is 3.16. The monoisotopic (exact) mass is 531 g/mol. The summed E-state index contributed by atoms with van der Waals surface area (Å²) in [5.41, 5.74) is 6.89. The van der Waals surface area contributed by atoms with Gasteiger partial charge in [0.25, 0.3) is 0 Å². The van der Waals surface area contributed by atoms with Gasteiger partial charge in [0, 0.05) is 50.9 Å². The predicted octanol–water partition coefficient (Wildman–Crippen LogP) is 6.32. The highest BCUT2D eigenvalue weighted by atomic mass is 35.5. The van der Waals surface area contributed by atoms with Crippen LogP contribution in [0, 0.1) is 13.8 Å². The van der Waals surface area contributed by atoms with Crippen LogP contribution in [0.2, 0.25) is 0 Å². The smallest absolute Gasteiger partial charge is 0.160 e. The Bertz CT molecular complexity index is 1110. The third-order valence-corrected chi connectivity index (χ3v) is 6.99. The molecule has 0 bridgehead atoms. The number of piperazine rings is 1. The lowest BCUT2D eigenvalue weighted by atomic mass is 10.1. The molecule has 0 saturated carbocycles. The number of hydrogen-bond acceptors (Lipinski definition) is 4. The lowest BCUT2D eigenvalue weighted by molar-refractivity contribution is 0.117. The zero-order valence-corrected chi connectivity index (χ0v) is 24.2. The zero-order chi connectivity index (χ0) is 24.1. The van der Waals surface area contributed by atoms with Crippen molar-refractivity contribution in [2.45, 2.75) is 66.5 Å². The molecule has 0 aliphatic carbocycles. The fourth-order valence-electron chi connectivity index (χ4n) is 4.86. The van der Waals surface area contributed by atoms with Gasteiger partial charge in [-0.25, -0.2) is 9.97 Å². The number of imidazole rings is 1. The van der Waals surface area contributed by atoms with Gasteiger partial charge in [-0.2, -0.15) is 0 Å². The van der Waals surface area contributed by atoms with Crippen LogP contribution < -0.4 is 0 Å². The van der Waals surface area contributed by atoms with Crippen LogP contribution in [0.15, 0.2) is 36.4 Å². The molecule has 0 unspecified atom stereocenters. The molecule has 0 N–H and O–H groups in total. The van der Waals surface area contributed by atoms with Gasteiger partial charge in [-0.3, -0.25) is 9.80 Å². The van der Waals surface area contributed by atoms with Crippen LogP contribution in [0.25, 0.3) is 17.2 Å². The van der Waals surface area contributed by atoms with Crippen molar-refractivity contribution in [2.24, 2.45) is 0 Å². The number of rotatable bonds is 9. The van der Waals surface area contributed by atoms with E-state index in [1.807, 2.05) is 0 Å². The highest BCUT2D eigenvalue weighted by molar-refractivity contribution is 5.85. The first-order valence-corrected chi connectivity index (χ1v) is 13.0. The molecule has 5 nitrogen and oxygen atoms in total. The molecule has 1 fully saturated rings. The molecule has 1 saturated heterocycles. The maximum Gasteiger partial charge on any atom is 0.160 e. The molecule has 1 aliphatic rings. The summed E-state index contributed by atoms with van der Waals surface area (Å²) in [6.45, 7) is 17.5. The first kappa shape index (κ1) is 30.3. The fraction of sp³-hybridized carbons (Fsp3) is 0.517. The quantitative estimate of drug-likeness (QED) is 0.323. The Morgan fingerprint density at radius 3 is 2.31 bits per heavy atom. The second-order valence-corrected chi connectivity index (χ2v) is 10.0. The van der Waals surface area contributed by atoms with Crippen molar-refractivity contribution in [1.82, 2.24) is 24.3 Å². The van der Waals surface area contributed by atoms with Gasteiger partial charge < -0.3 is 4.57 Å². The third-order valence-electron chi connectivity index (χ3n) is 6.99. The molecule has 0 atom stereocenters. The molecule has 0 radical (unpaired) electrons. The molecular formula is C29H43Cl2N5. The van der Waals surface area contributed by atoms with E-state index in [-0.39, 0.29) is 24.8 Å². The molecule has 1 aliphatic heterocycles. The summed E-state index contributed by atoms with van der Waals surface area (Å²) in [4.78, 5) is 15.0. The molecule has 36 heavy (non-hydrogen) atoms. The Kier molecular flexibility index (Phi) is 11.9. The SMILES string of the molecule is CCCCc1nc2c(C)cc(C)nc2n1Cc1ccc(C=CCN2CCN(C(C)C)CC2)cc1.Cl.Cl. The summed E-state index contributed by atoms with van der Waals surface area (Å²) in [5, 5.41) is 0. The molecule has 7 heteroatoms. The Morgan fingerprint density at radius 1 is 0.972 bits per heavy atom. The van der Waals surface area contributed by atoms with E-state index < -0.39 is 0 Å². The van der Waals surface area contributed by atoms with Gasteiger partial charge in [-0.1, -0.05) is 49.8 Å². The molecule has 3 heterocycles. The van der Waals surface area contributed by atoms with Gasteiger partial charge in [0.2, 0.25) is 0 Å². The second-order valence-electron chi connectivity index (χ2n) is 10.0. The van der Waals surface area contributed by atoms with E-state index in [9.17, 15) is 0 Å². The van der Waals surface area contributed by atoms with Gasteiger partial charge >= 0.3 is 0 Å². The normalized spacial score (nSPS) is 14.9. The van der Waals surface area contributed by atoms with Crippen molar-refractivity contribution in [3.63, 3.8) is 0 Å². The number of aromatic nitrogens is 3. The molecule has 3 aromatic rings. The summed E-state index contributed by atoms with van der Waals surface area (Å²) in [5.74, 6) is 1.15. The Morgan fingerprint density at radius 2 is 1.67 bits per heavy atom. The van der Waals surface area contributed by atoms with E-state index >= 15 is 0 Å². The number of hydrogen-bond donors (Lipinski definition) is 0. The highest BCUT2D eigenvalue weighted by Gasteiger charge is 2.17. The van der Waals surface area contributed by atoms with Gasteiger partial charge in [0.15, 0.2) is 5.65 Å². The van der Waals surface area contributed by atoms with E-state index in [2.05, 4.69) is 91.5 Å². The van der Waals surface area contributed by atoms with Gasteiger partial charge in [0.1, 0.15) is 11.3 Å². The summed E-state index contributed by atoms with van der Waals surface area (Å²) >= 11 is 0.